The van der Waals surface area contributed by atoms with Gasteiger partial charge >= 0.3 is 0 Å². The fourth-order valence-electron chi connectivity index (χ4n) is 2.62. The molecule has 1 fully saturated rings. The van der Waals surface area contributed by atoms with Gasteiger partial charge in [-0.05, 0) is 33.6 Å². The summed E-state index contributed by atoms with van der Waals surface area (Å²) in [6.45, 7) is 7.54. The lowest BCUT2D eigenvalue weighted by Crippen LogP contribution is -2.49. The Bertz CT molecular complexity index is 663. The van der Waals surface area contributed by atoms with E-state index in [1.54, 1.807) is 29.6 Å². The number of thiazole rings is 1. The number of nitrogens with one attached hydrogen (secondary N) is 2. The fraction of sp³-hybridized carbons (Fsp3) is 0.733. The van der Waals surface area contributed by atoms with E-state index in [-0.39, 0.29) is 35.8 Å². The van der Waals surface area contributed by atoms with Crippen LogP contribution in [0.4, 0.5) is 0 Å². The van der Waals surface area contributed by atoms with Crippen LogP contribution in [0.3, 0.4) is 0 Å². The van der Waals surface area contributed by atoms with Gasteiger partial charge in [-0.2, -0.15) is 0 Å². The molecule has 1 aromatic heterocycles. The van der Waals surface area contributed by atoms with Crippen LogP contribution in [0.5, 0.6) is 0 Å². The predicted octanol–water partition coefficient (Wildman–Crippen LogP) is 1.86. The van der Waals surface area contributed by atoms with Gasteiger partial charge in [-0.15, -0.1) is 35.3 Å². The zero-order valence-corrected chi connectivity index (χ0v) is 19.2. The minimum atomic E-state index is -3.07. The van der Waals surface area contributed by atoms with Crippen molar-refractivity contribution >= 4 is 51.3 Å². The molecule has 25 heavy (non-hydrogen) atoms. The van der Waals surface area contributed by atoms with Crippen molar-refractivity contribution in [1.29, 1.82) is 0 Å². The van der Waals surface area contributed by atoms with E-state index >= 15 is 0 Å². The Hall–Kier alpha value is -0.460. The minimum absolute atomic E-state index is 0. The maximum Gasteiger partial charge on any atom is 0.213 e. The number of sulfonamides is 1. The van der Waals surface area contributed by atoms with E-state index in [1.807, 2.05) is 6.92 Å². The van der Waals surface area contributed by atoms with Crippen molar-refractivity contribution in [2.24, 2.45) is 4.99 Å². The summed E-state index contributed by atoms with van der Waals surface area (Å²) >= 11 is 1.69. The smallest absolute Gasteiger partial charge is 0.213 e. The summed E-state index contributed by atoms with van der Waals surface area (Å²) in [5, 5.41) is 7.70. The lowest BCUT2D eigenvalue weighted by molar-refractivity contribution is 0.306. The highest BCUT2D eigenvalue weighted by molar-refractivity contribution is 14.0. The van der Waals surface area contributed by atoms with E-state index in [0.717, 1.165) is 29.5 Å². The van der Waals surface area contributed by atoms with Crippen LogP contribution in [0.1, 0.15) is 35.3 Å². The molecule has 7 nitrogen and oxygen atoms in total. The van der Waals surface area contributed by atoms with Gasteiger partial charge < -0.3 is 10.6 Å². The molecule has 0 amide bonds. The monoisotopic (exact) mass is 501 g/mol. The first-order valence-electron chi connectivity index (χ1n) is 8.23. The van der Waals surface area contributed by atoms with E-state index in [1.165, 1.54) is 4.88 Å². The van der Waals surface area contributed by atoms with Crippen molar-refractivity contribution in [3.8, 4) is 0 Å². The molecule has 1 aromatic rings. The highest BCUT2D eigenvalue weighted by atomic mass is 127. The number of guanidine groups is 1. The van der Waals surface area contributed by atoms with Gasteiger partial charge in [0.2, 0.25) is 10.0 Å². The van der Waals surface area contributed by atoms with Crippen molar-refractivity contribution < 1.29 is 8.42 Å². The van der Waals surface area contributed by atoms with Crippen molar-refractivity contribution in [3.63, 3.8) is 0 Å². The van der Waals surface area contributed by atoms with Crippen molar-refractivity contribution in [3.05, 3.63) is 15.6 Å². The summed E-state index contributed by atoms with van der Waals surface area (Å²) in [6.07, 6.45) is 1.57. The van der Waals surface area contributed by atoms with Crippen LogP contribution in [0.15, 0.2) is 4.99 Å². The molecule has 1 aliphatic rings. The van der Waals surface area contributed by atoms with Crippen molar-refractivity contribution in [1.82, 2.24) is 19.9 Å². The van der Waals surface area contributed by atoms with E-state index in [0.29, 0.717) is 19.6 Å². The lowest BCUT2D eigenvalue weighted by Gasteiger charge is -2.32. The molecule has 1 aliphatic heterocycles. The van der Waals surface area contributed by atoms with E-state index < -0.39 is 10.0 Å². The van der Waals surface area contributed by atoms with Crippen LogP contribution in [0, 0.1) is 13.8 Å². The summed E-state index contributed by atoms with van der Waals surface area (Å²) in [5.41, 5.74) is 1.07. The molecule has 0 spiro atoms. The summed E-state index contributed by atoms with van der Waals surface area (Å²) < 4.78 is 25.4. The fourth-order valence-corrected chi connectivity index (χ4v) is 4.63. The van der Waals surface area contributed by atoms with Gasteiger partial charge in [0.15, 0.2) is 5.96 Å². The van der Waals surface area contributed by atoms with Crippen LogP contribution in [0.25, 0.3) is 0 Å². The molecule has 0 aliphatic carbocycles. The second-order valence-corrected chi connectivity index (χ2v) is 9.44. The average molecular weight is 501 g/mol. The number of hydrogen-bond donors (Lipinski definition) is 2. The highest BCUT2D eigenvalue weighted by Gasteiger charge is 2.26. The molecule has 144 valence electrons. The molecule has 0 atom stereocenters. The first-order chi connectivity index (χ1) is 11.4. The predicted molar refractivity (Wildman–Crippen MR) is 114 cm³/mol. The zero-order valence-electron chi connectivity index (χ0n) is 15.2. The van der Waals surface area contributed by atoms with Crippen LogP contribution >= 0.6 is 35.3 Å². The van der Waals surface area contributed by atoms with E-state index in [9.17, 15) is 8.42 Å². The molecule has 0 bridgehead atoms. The molecule has 2 rings (SSSR count). The molecular weight excluding hydrogens is 473 g/mol. The van der Waals surface area contributed by atoms with Gasteiger partial charge in [0.05, 0.1) is 18.0 Å². The third-order valence-electron chi connectivity index (χ3n) is 4.26. The average Bonchev–Trinajstić information content (AvgIpc) is 2.90. The summed E-state index contributed by atoms with van der Waals surface area (Å²) in [7, 11) is -1.33. The van der Waals surface area contributed by atoms with Crippen LogP contribution in [0.2, 0.25) is 0 Å². The quantitative estimate of drug-likeness (QED) is 0.366. The summed E-state index contributed by atoms with van der Waals surface area (Å²) in [5.74, 6) is 0.901. The number of halogens is 1. The molecule has 1 saturated heterocycles. The number of aryl methyl sites for hydroxylation is 2. The third-order valence-corrected chi connectivity index (χ3v) is 7.21. The number of hydrogen-bond acceptors (Lipinski definition) is 5. The van der Waals surface area contributed by atoms with Gasteiger partial charge in [0.1, 0.15) is 5.01 Å². The molecule has 0 radical (unpaired) electrons. The second kappa shape index (κ2) is 10.0. The second-order valence-electron chi connectivity index (χ2n) is 5.89. The number of piperidine rings is 1. The Kier molecular flexibility index (Phi) is 9.05. The maximum absolute atomic E-state index is 11.9. The van der Waals surface area contributed by atoms with Gasteiger partial charge in [-0.1, -0.05) is 0 Å². The number of aromatic nitrogens is 1. The number of nitrogens with zero attached hydrogens (tertiary/aromatic N) is 3. The Morgan fingerprint density at radius 3 is 2.48 bits per heavy atom. The lowest BCUT2D eigenvalue weighted by atomic mass is 10.1. The molecule has 0 unspecified atom stereocenters. The SMILES string of the molecule is CCS(=O)(=O)N1CCC(NC(=NC)NCc2nc(C)c(C)s2)CC1.I. The van der Waals surface area contributed by atoms with Gasteiger partial charge in [-0.3, -0.25) is 4.99 Å². The maximum atomic E-state index is 11.9. The first kappa shape index (κ1) is 22.6. The summed E-state index contributed by atoms with van der Waals surface area (Å²) in [6, 6.07) is 0.235. The normalized spacial score (nSPS) is 17.2. The van der Waals surface area contributed by atoms with Crippen LogP contribution in [-0.2, 0) is 16.6 Å². The Balaban J connectivity index is 0.00000312. The first-order valence-corrected chi connectivity index (χ1v) is 10.7. The van der Waals surface area contributed by atoms with E-state index in [4.69, 9.17) is 0 Å². The molecule has 2 heterocycles. The Labute approximate surface area is 171 Å². The number of aliphatic imine (C=N–C) groups is 1. The van der Waals surface area contributed by atoms with Crippen molar-refractivity contribution in [2.75, 3.05) is 25.9 Å². The Morgan fingerprint density at radius 1 is 1.36 bits per heavy atom. The molecule has 2 N–H and O–H groups in total. The van der Waals surface area contributed by atoms with Gasteiger partial charge in [0, 0.05) is 31.1 Å². The third kappa shape index (κ3) is 6.33. The largest absolute Gasteiger partial charge is 0.354 e. The highest BCUT2D eigenvalue weighted by Crippen LogP contribution is 2.16. The molecule has 0 aromatic carbocycles. The number of rotatable bonds is 5. The van der Waals surface area contributed by atoms with Gasteiger partial charge in [-0.25, -0.2) is 17.7 Å². The topological polar surface area (TPSA) is 86.7 Å². The zero-order chi connectivity index (χ0) is 17.7. The standard InChI is InChI=1S/C15H27N5O2S2.HI/c1-5-24(21,22)20-8-6-13(7-9-20)19-15(16-4)17-10-14-18-11(2)12(3)23-14;/h13H,5-10H2,1-4H3,(H2,16,17,19);1H. The molecule has 0 saturated carbocycles. The van der Waals surface area contributed by atoms with E-state index in [2.05, 4.69) is 27.5 Å². The Morgan fingerprint density at radius 2 is 2.00 bits per heavy atom. The van der Waals surface area contributed by atoms with Crippen LogP contribution < -0.4 is 10.6 Å². The summed E-state index contributed by atoms with van der Waals surface area (Å²) in [4.78, 5) is 9.99. The van der Waals surface area contributed by atoms with Crippen molar-refractivity contribution in [2.45, 2.75) is 46.2 Å². The minimum Gasteiger partial charge on any atom is -0.354 e. The molecular formula is C15H28IN5O2S2. The molecule has 10 heteroatoms. The van der Waals surface area contributed by atoms with Crippen LogP contribution in [-0.4, -0.2) is 55.6 Å². The van der Waals surface area contributed by atoms with Gasteiger partial charge in [0.25, 0.3) is 0 Å².